The summed E-state index contributed by atoms with van der Waals surface area (Å²) >= 11 is 11.8. The van der Waals surface area contributed by atoms with Gasteiger partial charge in [-0.3, -0.25) is 4.79 Å². The molecule has 0 aliphatic rings. The van der Waals surface area contributed by atoms with Gasteiger partial charge in [-0.15, -0.1) is 0 Å². The largest absolute Gasteiger partial charge is 0.422 e. The molecule has 0 saturated carbocycles. The van der Waals surface area contributed by atoms with Gasteiger partial charge in [0.05, 0.1) is 10.6 Å². The molecule has 0 spiro atoms. The Morgan fingerprint density at radius 3 is 2.46 bits per heavy atom. The molecule has 0 atom stereocenters. The molecule has 26 heavy (non-hydrogen) atoms. The van der Waals surface area contributed by atoms with E-state index in [0.29, 0.717) is 16.0 Å². The van der Waals surface area contributed by atoms with E-state index in [9.17, 15) is 14.4 Å². The number of hydrogen-bond acceptors (Lipinski definition) is 5. The van der Waals surface area contributed by atoms with Crippen molar-refractivity contribution in [2.45, 2.75) is 13.8 Å². The van der Waals surface area contributed by atoms with Crippen LogP contribution in [0.25, 0.3) is 11.0 Å². The standard InChI is InChI=1S/C19H12Cl2O5/c1-9-7-16(23)26-18-12(9)5-6-15(17(18)10(2)22)25-19(24)13-4-3-11(20)8-14(13)21/h3-8H,1-2H3. The van der Waals surface area contributed by atoms with Crippen molar-refractivity contribution in [2.24, 2.45) is 0 Å². The molecule has 2 aromatic carbocycles. The highest BCUT2D eigenvalue weighted by molar-refractivity contribution is 6.36. The molecule has 0 N–H and O–H groups in total. The zero-order valence-corrected chi connectivity index (χ0v) is 15.3. The van der Waals surface area contributed by atoms with Gasteiger partial charge >= 0.3 is 11.6 Å². The Morgan fingerprint density at radius 2 is 1.81 bits per heavy atom. The van der Waals surface area contributed by atoms with E-state index in [1.165, 1.54) is 37.3 Å². The lowest BCUT2D eigenvalue weighted by molar-refractivity contribution is 0.0733. The number of carbonyl (C=O) groups excluding carboxylic acids is 2. The van der Waals surface area contributed by atoms with Gasteiger partial charge in [-0.25, -0.2) is 9.59 Å². The normalized spacial score (nSPS) is 10.8. The molecular formula is C19H12Cl2O5. The SMILES string of the molecule is CC(=O)c1c(OC(=O)c2ccc(Cl)cc2Cl)ccc2c(C)cc(=O)oc12. The van der Waals surface area contributed by atoms with Gasteiger partial charge in [-0.2, -0.15) is 0 Å². The fraction of sp³-hybridized carbons (Fsp3) is 0.105. The van der Waals surface area contributed by atoms with Crippen LogP contribution in [0.5, 0.6) is 5.75 Å². The summed E-state index contributed by atoms with van der Waals surface area (Å²) in [5.41, 5.74) is 0.243. The van der Waals surface area contributed by atoms with Gasteiger partial charge in [0.1, 0.15) is 11.3 Å². The van der Waals surface area contributed by atoms with Crippen molar-refractivity contribution >= 4 is 45.9 Å². The van der Waals surface area contributed by atoms with E-state index < -0.39 is 17.4 Å². The maximum absolute atomic E-state index is 12.4. The average Bonchev–Trinajstić information content (AvgIpc) is 2.53. The quantitative estimate of drug-likeness (QED) is 0.277. The van der Waals surface area contributed by atoms with Crippen molar-refractivity contribution in [3.05, 3.63) is 73.6 Å². The number of halogens is 2. The summed E-state index contributed by atoms with van der Waals surface area (Å²) in [4.78, 5) is 36.3. The zero-order chi connectivity index (χ0) is 19.0. The molecule has 3 rings (SSSR count). The molecule has 7 heteroatoms. The molecule has 1 heterocycles. The van der Waals surface area contributed by atoms with Crippen molar-refractivity contribution in [1.82, 2.24) is 0 Å². The summed E-state index contributed by atoms with van der Waals surface area (Å²) in [7, 11) is 0. The van der Waals surface area contributed by atoms with Gasteiger partial charge in [0.25, 0.3) is 0 Å². The molecular weight excluding hydrogens is 379 g/mol. The molecule has 0 amide bonds. The van der Waals surface area contributed by atoms with Crippen LogP contribution < -0.4 is 10.4 Å². The molecule has 0 saturated heterocycles. The minimum absolute atomic E-state index is 0.0155. The number of ketones is 1. The van der Waals surface area contributed by atoms with Gasteiger partial charge < -0.3 is 9.15 Å². The van der Waals surface area contributed by atoms with Crippen LogP contribution in [0.15, 0.2) is 45.6 Å². The van der Waals surface area contributed by atoms with Gasteiger partial charge in [0.15, 0.2) is 11.4 Å². The fourth-order valence-corrected chi connectivity index (χ4v) is 3.08. The summed E-state index contributed by atoms with van der Waals surface area (Å²) in [6, 6.07) is 8.75. The van der Waals surface area contributed by atoms with E-state index in [1.807, 2.05) is 0 Å². The highest BCUT2D eigenvalue weighted by Crippen LogP contribution is 2.31. The van der Waals surface area contributed by atoms with Crippen molar-refractivity contribution < 1.29 is 18.7 Å². The predicted octanol–water partition coefficient (Wildman–Crippen LogP) is 4.83. The Balaban J connectivity index is 2.13. The predicted molar refractivity (Wildman–Crippen MR) is 98.6 cm³/mol. The van der Waals surface area contributed by atoms with Crippen molar-refractivity contribution in [2.75, 3.05) is 0 Å². The Bertz CT molecular complexity index is 1110. The molecule has 0 unspecified atom stereocenters. The van der Waals surface area contributed by atoms with Gasteiger partial charge in [-0.05, 0) is 49.7 Å². The van der Waals surface area contributed by atoms with Crippen LogP contribution in [0.4, 0.5) is 0 Å². The second kappa shape index (κ2) is 6.94. The first-order valence-corrected chi connectivity index (χ1v) is 8.29. The molecule has 0 aliphatic heterocycles. The maximum atomic E-state index is 12.4. The van der Waals surface area contributed by atoms with Crippen molar-refractivity contribution in [3.8, 4) is 5.75 Å². The van der Waals surface area contributed by atoms with Crippen LogP contribution >= 0.6 is 23.2 Å². The number of aryl methyl sites for hydroxylation is 1. The van der Waals surface area contributed by atoms with Crippen LogP contribution in [0.1, 0.15) is 33.2 Å². The lowest BCUT2D eigenvalue weighted by Crippen LogP contribution is -2.12. The lowest BCUT2D eigenvalue weighted by Gasteiger charge is -2.11. The van der Waals surface area contributed by atoms with Crippen LogP contribution in [0.2, 0.25) is 10.0 Å². The van der Waals surface area contributed by atoms with Gasteiger partial charge in [-0.1, -0.05) is 23.2 Å². The Morgan fingerprint density at radius 1 is 1.08 bits per heavy atom. The third-order valence-corrected chi connectivity index (χ3v) is 4.33. The average molecular weight is 391 g/mol. The number of hydrogen-bond donors (Lipinski definition) is 0. The fourth-order valence-electron chi connectivity index (χ4n) is 2.59. The van der Waals surface area contributed by atoms with Gasteiger partial charge in [0.2, 0.25) is 0 Å². The summed E-state index contributed by atoms with van der Waals surface area (Å²) < 4.78 is 10.5. The van der Waals surface area contributed by atoms with Gasteiger partial charge in [0, 0.05) is 16.5 Å². The second-order valence-corrected chi connectivity index (χ2v) is 6.48. The van der Waals surface area contributed by atoms with E-state index in [0.717, 1.165) is 0 Å². The molecule has 0 fully saturated rings. The topological polar surface area (TPSA) is 73.6 Å². The number of esters is 1. The summed E-state index contributed by atoms with van der Waals surface area (Å²) in [5.74, 6) is -1.19. The van der Waals surface area contributed by atoms with E-state index in [1.54, 1.807) is 13.0 Å². The number of Topliss-reactive ketones (excluding diaryl/α,β-unsaturated/α-hetero) is 1. The molecule has 0 bridgehead atoms. The third-order valence-electron chi connectivity index (χ3n) is 3.79. The van der Waals surface area contributed by atoms with Crippen LogP contribution in [-0.2, 0) is 0 Å². The van der Waals surface area contributed by atoms with Crippen molar-refractivity contribution in [3.63, 3.8) is 0 Å². The van der Waals surface area contributed by atoms with E-state index in [4.69, 9.17) is 32.4 Å². The summed E-state index contributed by atoms with van der Waals surface area (Å²) in [6.07, 6.45) is 0. The molecule has 1 aromatic heterocycles. The Hall–Kier alpha value is -2.63. The molecule has 5 nitrogen and oxygen atoms in total. The van der Waals surface area contributed by atoms with E-state index in [-0.39, 0.29) is 27.5 Å². The molecule has 0 aliphatic carbocycles. The minimum Gasteiger partial charge on any atom is -0.422 e. The maximum Gasteiger partial charge on any atom is 0.345 e. The number of fused-ring (bicyclic) bond motifs is 1. The molecule has 132 valence electrons. The Labute approximate surface area is 158 Å². The first-order valence-electron chi connectivity index (χ1n) is 7.53. The molecule has 3 aromatic rings. The van der Waals surface area contributed by atoms with E-state index in [2.05, 4.69) is 0 Å². The Kier molecular flexibility index (Phi) is 4.85. The number of benzene rings is 2. The number of carbonyl (C=O) groups is 2. The zero-order valence-electron chi connectivity index (χ0n) is 13.8. The van der Waals surface area contributed by atoms with Crippen LogP contribution in [-0.4, -0.2) is 11.8 Å². The van der Waals surface area contributed by atoms with Crippen molar-refractivity contribution in [1.29, 1.82) is 0 Å². The monoisotopic (exact) mass is 390 g/mol. The summed E-state index contributed by atoms with van der Waals surface area (Å²) in [6.45, 7) is 3.02. The molecule has 0 radical (unpaired) electrons. The third kappa shape index (κ3) is 3.36. The number of rotatable bonds is 3. The lowest BCUT2D eigenvalue weighted by atomic mass is 10.0. The minimum atomic E-state index is -0.761. The highest BCUT2D eigenvalue weighted by Gasteiger charge is 2.21. The first kappa shape index (κ1) is 18.2. The van der Waals surface area contributed by atoms with Crippen LogP contribution in [0.3, 0.4) is 0 Å². The van der Waals surface area contributed by atoms with E-state index >= 15 is 0 Å². The summed E-state index contributed by atoms with van der Waals surface area (Å²) in [5, 5.41) is 1.08. The first-order chi connectivity index (χ1) is 12.3. The highest BCUT2D eigenvalue weighted by atomic mass is 35.5. The smallest absolute Gasteiger partial charge is 0.345 e. The second-order valence-electron chi connectivity index (χ2n) is 5.63. The number of ether oxygens (including phenoxy) is 1. The van der Waals surface area contributed by atoms with Crippen LogP contribution in [0, 0.1) is 6.92 Å².